The van der Waals surface area contributed by atoms with Crippen LogP contribution in [0, 0.1) is 0 Å². The minimum atomic E-state index is -0.114. The van der Waals surface area contributed by atoms with Crippen molar-refractivity contribution in [2.45, 2.75) is 24.8 Å². The minimum absolute atomic E-state index is 0.0796. The van der Waals surface area contributed by atoms with Crippen LogP contribution in [0.3, 0.4) is 0 Å². The van der Waals surface area contributed by atoms with Crippen LogP contribution in [-0.2, 0) is 22.6 Å². The third-order valence-electron chi connectivity index (χ3n) is 4.11. The molecule has 140 valence electrons. The molecule has 0 aliphatic carbocycles. The highest BCUT2D eigenvalue weighted by atomic mass is 32.2. The predicted octanol–water partition coefficient (Wildman–Crippen LogP) is 3.08. The quantitative estimate of drug-likeness (QED) is 0.616. The van der Waals surface area contributed by atoms with E-state index in [1.807, 2.05) is 59.4 Å². The zero-order chi connectivity index (χ0) is 19.2. The van der Waals surface area contributed by atoms with Gasteiger partial charge in [-0.2, -0.15) is 0 Å². The van der Waals surface area contributed by atoms with Crippen molar-refractivity contribution >= 4 is 40.3 Å². The minimum Gasteiger partial charge on any atom is -0.356 e. The number of para-hydroxylation sites is 2. The summed E-state index contributed by atoms with van der Waals surface area (Å²) in [6, 6.07) is 15.5. The third-order valence-corrected chi connectivity index (χ3v) is 4.84. The predicted molar refractivity (Wildman–Crippen MR) is 109 cm³/mol. The molecule has 0 radical (unpaired) electrons. The van der Waals surface area contributed by atoms with Crippen LogP contribution in [0.5, 0.6) is 0 Å². The molecule has 0 bridgehead atoms. The summed E-state index contributed by atoms with van der Waals surface area (Å²) in [6.45, 7) is 2.13. The van der Waals surface area contributed by atoms with Crippen LogP contribution in [0.1, 0.15) is 12.7 Å². The SMILES string of the molecule is CSc1cccc(NC(=O)Cn2c(CCNC(C)=O)nc3ccccc32)c1. The van der Waals surface area contributed by atoms with Crippen LogP contribution in [0.2, 0.25) is 0 Å². The number of fused-ring (bicyclic) bond motifs is 1. The largest absolute Gasteiger partial charge is 0.356 e. The van der Waals surface area contributed by atoms with Crippen LogP contribution in [0.25, 0.3) is 11.0 Å². The number of aromatic nitrogens is 2. The third kappa shape index (κ3) is 4.89. The lowest BCUT2D eigenvalue weighted by Gasteiger charge is -2.11. The molecule has 0 atom stereocenters. The number of anilines is 1. The lowest BCUT2D eigenvalue weighted by molar-refractivity contribution is -0.119. The fourth-order valence-electron chi connectivity index (χ4n) is 2.89. The van der Waals surface area contributed by atoms with Gasteiger partial charge in [0.15, 0.2) is 0 Å². The normalized spacial score (nSPS) is 10.7. The van der Waals surface area contributed by atoms with E-state index in [0.717, 1.165) is 27.4 Å². The molecule has 0 aliphatic rings. The molecule has 0 unspecified atom stereocenters. The second kappa shape index (κ2) is 8.73. The fourth-order valence-corrected chi connectivity index (χ4v) is 3.35. The van der Waals surface area contributed by atoms with Gasteiger partial charge in [-0.05, 0) is 36.6 Å². The number of carbonyl (C=O) groups is 2. The van der Waals surface area contributed by atoms with Gasteiger partial charge >= 0.3 is 0 Å². The lowest BCUT2D eigenvalue weighted by Crippen LogP contribution is -2.25. The van der Waals surface area contributed by atoms with E-state index in [2.05, 4.69) is 15.6 Å². The molecular formula is C20H22N4O2S. The molecule has 6 nitrogen and oxygen atoms in total. The number of rotatable bonds is 7. The first-order valence-electron chi connectivity index (χ1n) is 8.69. The number of benzene rings is 2. The molecular weight excluding hydrogens is 360 g/mol. The van der Waals surface area contributed by atoms with E-state index in [1.165, 1.54) is 6.92 Å². The van der Waals surface area contributed by atoms with Crippen molar-refractivity contribution < 1.29 is 9.59 Å². The number of amides is 2. The van der Waals surface area contributed by atoms with Crippen molar-refractivity contribution in [2.24, 2.45) is 0 Å². The highest BCUT2D eigenvalue weighted by Crippen LogP contribution is 2.20. The molecule has 1 heterocycles. The summed E-state index contributed by atoms with van der Waals surface area (Å²) in [4.78, 5) is 29.5. The molecule has 1 aromatic heterocycles. The maximum Gasteiger partial charge on any atom is 0.244 e. The van der Waals surface area contributed by atoms with Gasteiger partial charge < -0.3 is 15.2 Å². The molecule has 2 aromatic carbocycles. The van der Waals surface area contributed by atoms with Gasteiger partial charge in [0.05, 0.1) is 11.0 Å². The van der Waals surface area contributed by atoms with Crippen molar-refractivity contribution in [3.05, 3.63) is 54.4 Å². The average Bonchev–Trinajstić information content (AvgIpc) is 2.99. The van der Waals surface area contributed by atoms with Gasteiger partial charge in [-0.1, -0.05) is 18.2 Å². The van der Waals surface area contributed by atoms with Gasteiger partial charge in [0.25, 0.3) is 0 Å². The average molecular weight is 382 g/mol. The number of imidazole rings is 1. The summed E-state index contributed by atoms with van der Waals surface area (Å²) < 4.78 is 1.91. The van der Waals surface area contributed by atoms with Gasteiger partial charge in [0.1, 0.15) is 12.4 Å². The Kier molecular flexibility index (Phi) is 6.13. The van der Waals surface area contributed by atoms with E-state index in [4.69, 9.17) is 0 Å². The van der Waals surface area contributed by atoms with Gasteiger partial charge in [-0.25, -0.2) is 4.98 Å². The highest BCUT2D eigenvalue weighted by Gasteiger charge is 2.14. The number of nitrogens with zero attached hydrogens (tertiary/aromatic N) is 2. The molecule has 0 saturated heterocycles. The first kappa shape index (κ1) is 19.0. The standard InChI is InChI=1S/C20H22N4O2S/c1-14(25)21-11-10-19-23-17-8-3-4-9-18(17)24(19)13-20(26)22-15-6-5-7-16(12-15)27-2/h3-9,12H,10-11,13H2,1-2H3,(H,21,25)(H,22,26). The Hall–Kier alpha value is -2.80. The zero-order valence-corrected chi connectivity index (χ0v) is 16.2. The molecule has 2 N–H and O–H groups in total. The van der Waals surface area contributed by atoms with Crippen molar-refractivity contribution in [1.82, 2.24) is 14.9 Å². The Labute approximate surface area is 162 Å². The molecule has 3 aromatic rings. The fraction of sp³-hybridized carbons (Fsp3) is 0.250. The smallest absolute Gasteiger partial charge is 0.244 e. The first-order chi connectivity index (χ1) is 13.1. The molecule has 0 spiro atoms. The molecule has 0 aliphatic heterocycles. The molecule has 0 fully saturated rings. The zero-order valence-electron chi connectivity index (χ0n) is 15.4. The summed E-state index contributed by atoms with van der Waals surface area (Å²) in [7, 11) is 0. The molecule has 0 saturated carbocycles. The van der Waals surface area contributed by atoms with Crippen molar-refractivity contribution in [3.63, 3.8) is 0 Å². The molecule has 3 rings (SSSR count). The van der Waals surface area contributed by atoms with E-state index in [1.54, 1.807) is 11.8 Å². The Balaban J connectivity index is 1.79. The molecule has 27 heavy (non-hydrogen) atoms. The van der Waals surface area contributed by atoms with E-state index in [-0.39, 0.29) is 18.4 Å². The number of hydrogen-bond acceptors (Lipinski definition) is 4. The van der Waals surface area contributed by atoms with Crippen LogP contribution in [0.15, 0.2) is 53.4 Å². The van der Waals surface area contributed by atoms with E-state index in [9.17, 15) is 9.59 Å². The summed E-state index contributed by atoms with van der Waals surface area (Å²) in [5.41, 5.74) is 2.52. The molecule has 7 heteroatoms. The van der Waals surface area contributed by atoms with E-state index >= 15 is 0 Å². The summed E-state index contributed by atoms with van der Waals surface area (Å²) in [5.74, 6) is 0.583. The van der Waals surface area contributed by atoms with Gasteiger partial charge in [-0.3, -0.25) is 9.59 Å². The number of hydrogen-bond donors (Lipinski definition) is 2. The number of carbonyl (C=O) groups excluding carboxylic acids is 2. The Morgan fingerprint density at radius 3 is 2.74 bits per heavy atom. The Bertz CT molecular complexity index is 968. The van der Waals surface area contributed by atoms with Crippen LogP contribution in [-0.4, -0.2) is 34.2 Å². The monoisotopic (exact) mass is 382 g/mol. The lowest BCUT2D eigenvalue weighted by atomic mass is 10.3. The second-order valence-electron chi connectivity index (χ2n) is 6.12. The maximum absolute atomic E-state index is 12.6. The van der Waals surface area contributed by atoms with Crippen LogP contribution < -0.4 is 10.6 Å². The van der Waals surface area contributed by atoms with Gasteiger partial charge in [-0.15, -0.1) is 11.8 Å². The van der Waals surface area contributed by atoms with E-state index < -0.39 is 0 Å². The van der Waals surface area contributed by atoms with Gasteiger partial charge in [0, 0.05) is 30.5 Å². The highest BCUT2D eigenvalue weighted by molar-refractivity contribution is 7.98. The topological polar surface area (TPSA) is 76.0 Å². The van der Waals surface area contributed by atoms with E-state index in [0.29, 0.717) is 13.0 Å². The maximum atomic E-state index is 12.6. The Morgan fingerprint density at radius 2 is 1.96 bits per heavy atom. The van der Waals surface area contributed by atoms with Crippen molar-refractivity contribution in [1.29, 1.82) is 0 Å². The van der Waals surface area contributed by atoms with Gasteiger partial charge in [0.2, 0.25) is 11.8 Å². The summed E-state index contributed by atoms with van der Waals surface area (Å²) >= 11 is 1.63. The summed E-state index contributed by atoms with van der Waals surface area (Å²) in [6.07, 6.45) is 2.56. The van der Waals surface area contributed by atoms with Crippen molar-refractivity contribution in [2.75, 3.05) is 18.1 Å². The van der Waals surface area contributed by atoms with Crippen LogP contribution >= 0.6 is 11.8 Å². The first-order valence-corrected chi connectivity index (χ1v) is 9.92. The second-order valence-corrected chi connectivity index (χ2v) is 7.00. The molecule has 2 amide bonds. The Morgan fingerprint density at radius 1 is 1.15 bits per heavy atom. The van der Waals surface area contributed by atoms with Crippen molar-refractivity contribution in [3.8, 4) is 0 Å². The number of nitrogens with one attached hydrogen (secondary N) is 2. The van der Waals surface area contributed by atoms with Crippen LogP contribution in [0.4, 0.5) is 5.69 Å². The summed E-state index contributed by atoms with van der Waals surface area (Å²) in [5, 5.41) is 5.73. The number of thioether (sulfide) groups is 1.